The van der Waals surface area contributed by atoms with Crippen LogP contribution in [0, 0.1) is 0 Å². The molecule has 4 bridgehead atoms. The van der Waals surface area contributed by atoms with Gasteiger partial charge in [0.2, 0.25) is 0 Å². The third-order valence-electron chi connectivity index (χ3n) is 4.68. The van der Waals surface area contributed by atoms with Crippen LogP contribution in [0.4, 0.5) is 0 Å². The van der Waals surface area contributed by atoms with E-state index in [2.05, 4.69) is 21.3 Å². The van der Waals surface area contributed by atoms with Crippen LogP contribution in [0.3, 0.4) is 0 Å². The van der Waals surface area contributed by atoms with E-state index in [9.17, 15) is 10.2 Å². The molecule has 1 aliphatic heterocycles. The van der Waals surface area contributed by atoms with Gasteiger partial charge in [-0.2, -0.15) is 0 Å². The first-order chi connectivity index (χ1) is 13.5. The predicted octanol–water partition coefficient (Wildman–Crippen LogP) is 2.48. The zero-order valence-corrected chi connectivity index (χ0v) is 17.1. The maximum Gasteiger partial charge on any atom is 0.124 e. The van der Waals surface area contributed by atoms with Crippen LogP contribution < -0.4 is 21.3 Å². The topological polar surface area (TPSA) is 88.6 Å². The van der Waals surface area contributed by atoms with Gasteiger partial charge in [0.15, 0.2) is 0 Å². The average molecular weight is 425 g/mol. The highest BCUT2D eigenvalue weighted by molar-refractivity contribution is 6.31. The van der Waals surface area contributed by atoms with Gasteiger partial charge in [-0.15, -0.1) is 0 Å². The van der Waals surface area contributed by atoms with Gasteiger partial charge >= 0.3 is 0 Å². The van der Waals surface area contributed by atoms with Crippen molar-refractivity contribution in [3.8, 4) is 11.5 Å². The number of fused-ring (bicyclic) bond motifs is 4. The molecule has 0 aromatic heterocycles. The Labute approximate surface area is 175 Å². The van der Waals surface area contributed by atoms with Crippen LogP contribution in [0.15, 0.2) is 24.3 Å². The molecule has 0 saturated carbocycles. The number of rotatable bonds is 0. The molecule has 3 rings (SSSR count). The Bertz CT molecular complexity index is 691. The zero-order chi connectivity index (χ0) is 19.9. The Balaban J connectivity index is 1.71. The highest BCUT2D eigenvalue weighted by Crippen LogP contribution is 2.28. The number of hydrogen-bond donors (Lipinski definition) is 6. The highest BCUT2D eigenvalue weighted by atomic mass is 35.5. The van der Waals surface area contributed by atoms with Crippen LogP contribution >= 0.6 is 23.2 Å². The summed E-state index contributed by atoms with van der Waals surface area (Å²) in [7, 11) is 0. The van der Waals surface area contributed by atoms with Crippen molar-refractivity contribution in [1.82, 2.24) is 21.3 Å². The molecule has 0 unspecified atom stereocenters. The number of phenolic OH excluding ortho intramolecular Hbond substituents is 2. The minimum absolute atomic E-state index is 0.279. The summed E-state index contributed by atoms with van der Waals surface area (Å²) in [6.07, 6.45) is 0. The normalized spacial score (nSPS) is 16.9. The summed E-state index contributed by atoms with van der Waals surface area (Å²) in [5, 5.41) is 35.4. The molecule has 6 N–H and O–H groups in total. The number of aromatic hydroxyl groups is 2. The zero-order valence-electron chi connectivity index (χ0n) is 15.6. The molecule has 0 radical (unpaired) electrons. The third kappa shape index (κ3) is 5.73. The number of benzene rings is 2. The van der Waals surface area contributed by atoms with E-state index in [1.54, 1.807) is 24.3 Å². The smallest absolute Gasteiger partial charge is 0.124 e. The molecule has 8 heteroatoms. The molecule has 0 aliphatic carbocycles. The van der Waals surface area contributed by atoms with E-state index in [4.69, 9.17) is 23.2 Å². The van der Waals surface area contributed by atoms with Crippen LogP contribution in [0.5, 0.6) is 11.5 Å². The summed E-state index contributed by atoms with van der Waals surface area (Å²) in [5.74, 6) is 0.557. The van der Waals surface area contributed by atoms with Gasteiger partial charge in [0, 0.05) is 84.7 Å². The maximum absolute atomic E-state index is 10.5. The molecule has 152 valence electrons. The number of halogens is 2. The molecule has 28 heavy (non-hydrogen) atoms. The van der Waals surface area contributed by atoms with Gasteiger partial charge in [-0.1, -0.05) is 23.2 Å². The van der Waals surface area contributed by atoms with E-state index in [-0.39, 0.29) is 11.5 Å². The predicted molar refractivity (Wildman–Crippen MR) is 113 cm³/mol. The molecule has 1 heterocycles. The summed E-state index contributed by atoms with van der Waals surface area (Å²) in [6.45, 7) is 4.91. The Kier molecular flexibility index (Phi) is 7.79. The summed E-state index contributed by atoms with van der Waals surface area (Å²) in [6, 6.07) is 7.14. The second-order valence-electron chi connectivity index (χ2n) is 6.85. The van der Waals surface area contributed by atoms with Crippen molar-refractivity contribution in [1.29, 1.82) is 0 Å². The Morgan fingerprint density at radius 2 is 0.786 bits per heavy atom. The quantitative estimate of drug-likeness (QED) is 0.389. The van der Waals surface area contributed by atoms with Gasteiger partial charge in [-0.3, -0.25) is 0 Å². The second kappa shape index (κ2) is 10.3. The average Bonchev–Trinajstić information content (AvgIpc) is 2.66. The van der Waals surface area contributed by atoms with Crippen LogP contribution in [0.1, 0.15) is 22.3 Å². The first-order valence-corrected chi connectivity index (χ1v) is 10.1. The Morgan fingerprint density at radius 1 is 0.536 bits per heavy atom. The number of nitrogens with one attached hydrogen (secondary N) is 4. The largest absolute Gasteiger partial charge is 0.507 e. The first kappa shape index (κ1) is 21.2. The lowest BCUT2D eigenvalue weighted by Crippen LogP contribution is -2.28. The fourth-order valence-corrected chi connectivity index (χ4v) is 3.75. The van der Waals surface area contributed by atoms with Crippen LogP contribution in [-0.4, -0.2) is 36.4 Å². The molecule has 0 atom stereocenters. The van der Waals surface area contributed by atoms with Gasteiger partial charge in [-0.25, -0.2) is 0 Å². The minimum Gasteiger partial charge on any atom is -0.507 e. The van der Waals surface area contributed by atoms with Crippen molar-refractivity contribution in [2.45, 2.75) is 26.2 Å². The number of phenols is 2. The van der Waals surface area contributed by atoms with Crippen LogP contribution in [0.25, 0.3) is 0 Å². The van der Waals surface area contributed by atoms with Crippen molar-refractivity contribution >= 4 is 23.2 Å². The van der Waals surface area contributed by atoms with Crippen LogP contribution in [0.2, 0.25) is 10.0 Å². The van der Waals surface area contributed by atoms with Gasteiger partial charge < -0.3 is 31.5 Å². The molecule has 1 aliphatic rings. The van der Waals surface area contributed by atoms with Crippen molar-refractivity contribution < 1.29 is 10.2 Å². The second-order valence-corrected chi connectivity index (χ2v) is 7.73. The Hall–Kier alpha value is -1.54. The minimum atomic E-state index is 0.279. The van der Waals surface area contributed by atoms with Crippen molar-refractivity contribution in [3.63, 3.8) is 0 Å². The lowest BCUT2D eigenvalue weighted by molar-refractivity contribution is 0.448. The van der Waals surface area contributed by atoms with E-state index in [1.807, 2.05) is 0 Å². The molecule has 6 nitrogen and oxygen atoms in total. The molecule has 0 saturated heterocycles. The summed E-state index contributed by atoms with van der Waals surface area (Å²) < 4.78 is 0. The van der Waals surface area contributed by atoms with Gasteiger partial charge in [0.1, 0.15) is 11.5 Å². The molecule has 0 fully saturated rings. The molecular formula is C20H26Cl2N4O2. The lowest BCUT2D eigenvalue weighted by Gasteiger charge is -2.15. The van der Waals surface area contributed by atoms with E-state index in [0.717, 1.165) is 22.3 Å². The molecule has 2 aromatic rings. The van der Waals surface area contributed by atoms with Crippen molar-refractivity contribution in [3.05, 3.63) is 56.6 Å². The highest BCUT2D eigenvalue weighted by Gasteiger charge is 2.11. The lowest BCUT2D eigenvalue weighted by atomic mass is 10.1. The van der Waals surface area contributed by atoms with E-state index in [0.29, 0.717) is 62.4 Å². The fraction of sp³-hybridized carbons (Fsp3) is 0.400. The Morgan fingerprint density at radius 3 is 1.04 bits per heavy atom. The summed E-state index contributed by atoms with van der Waals surface area (Å²) >= 11 is 12.4. The van der Waals surface area contributed by atoms with Crippen molar-refractivity contribution in [2.24, 2.45) is 0 Å². The van der Waals surface area contributed by atoms with Gasteiger partial charge in [0.25, 0.3) is 0 Å². The number of hydrogen-bond acceptors (Lipinski definition) is 6. The van der Waals surface area contributed by atoms with Gasteiger partial charge in [-0.05, 0) is 24.3 Å². The third-order valence-corrected chi connectivity index (χ3v) is 5.12. The maximum atomic E-state index is 10.5. The van der Waals surface area contributed by atoms with Gasteiger partial charge in [0.05, 0.1) is 0 Å². The molecule has 0 spiro atoms. The monoisotopic (exact) mass is 424 g/mol. The fourth-order valence-electron chi connectivity index (χ4n) is 3.22. The van der Waals surface area contributed by atoms with Crippen LogP contribution in [-0.2, 0) is 26.2 Å². The molecular weight excluding hydrogens is 399 g/mol. The van der Waals surface area contributed by atoms with Crippen molar-refractivity contribution in [2.75, 3.05) is 26.2 Å². The first-order valence-electron chi connectivity index (χ1n) is 9.38. The summed E-state index contributed by atoms with van der Waals surface area (Å²) in [4.78, 5) is 0. The standard InChI is InChI=1S/C20H26Cl2N4O2/c21-17-5-13-9-23-1-2-24-10-14-6-18(22)8-16(20(14)28)12-26-4-3-25-11-15(7-17)19(13)27/h5-8,23-28H,1-4,9-12H2. The molecule has 2 aromatic carbocycles. The molecule has 0 amide bonds. The summed E-state index contributed by atoms with van der Waals surface area (Å²) in [5.41, 5.74) is 3.11. The SMILES string of the molecule is Oc1c2cc(Cl)cc1CNCCNCc1cc(Cl)cc(c1O)CNCCNC2. The van der Waals surface area contributed by atoms with E-state index >= 15 is 0 Å². The van der Waals surface area contributed by atoms with E-state index in [1.165, 1.54) is 0 Å². The van der Waals surface area contributed by atoms with E-state index < -0.39 is 0 Å².